The van der Waals surface area contributed by atoms with Crippen molar-refractivity contribution in [2.24, 2.45) is 16.7 Å². The molecule has 4 heterocycles. The number of ether oxygens (including phenoxy) is 3. The zero-order chi connectivity index (χ0) is 64.8. The minimum absolute atomic E-state index is 0.0543. The molecule has 3 aromatic carbocycles. The monoisotopic (exact) mass is 1220 g/mol. The van der Waals surface area contributed by atoms with Gasteiger partial charge in [0.1, 0.15) is 36.9 Å². The Morgan fingerprint density at radius 3 is 1.27 bits per heavy atom. The van der Waals surface area contributed by atoms with E-state index in [0.29, 0.717) is 38.9 Å². The average Bonchev–Trinajstić information content (AvgIpc) is 1.94. The van der Waals surface area contributed by atoms with Crippen LogP contribution in [0.1, 0.15) is 126 Å². The maximum absolute atomic E-state index is 14.4. The molecule has 0 saturated carbocycles. The van der Waals surface area contributed by atoms with Gasteiger partial charge in [0.05, 0.1) is 37.3 Å². The highest BCUT2D eigenvalue weighted by molar-refractivity contribution is 5.92. The lowest BCUT2D eigenvalue weighted by Crippen LogP contribution is -2.60. The second-order valence-corrected chi connectivity index (χ2v) is 26.1. The highest BCUT2D eigenvalue weighted by Gasteiger charge is 2.57. The van der Waals surface area contributed by atoms with Crippen LogP contribution in [0.2, 0.25) is 0 Å². The van der Waals surface area contributed by atoms with E-state index in [1.165, 1.54) is 11.9 Å². The maximum Gasteiger partial charge on any atom is 0.410 e. The van der Waals surface area contributed by atoms with Crippen LogP contribution in [0.25, 0.3) is 0 Å². The fraction of sp³-hybridized carbons (Fsp3) is 0.585. The largest absolute Gasteiger partial charge is 0.445 e. The normalized spacial score (nSPS) is 20.9. The van der Waals surface area contributed by atoms with Gasteiger partial charge in [-0.2, -0.15) is 0 Å². The van der Waals surface area contributed by atoms with E-state index in [4.69, 9.17) is 14.2 Å². The van der Waals surface area contributed by atoms with Gasteiger partial charge in [0.15, 0.2) is 0 Å². The van der Waals surface area contributed by atoms with Crippen molar-refractivity contribution < 1.29 is 57.4 Å². The Hall–Kier alpha value is -8.11. The van der Waals surface area contributed by atoms with Crippen LogP contribution in [0, 0.1) is 16.7 Å². The van der Waals surface area contributed by atoms with Gasteiger partial charge >= 0.3 is 30.3 Å². The molecule has 0 spiro atoms. The molecule has 0 aromatic heterocycles. The first-order valence-corrected chi connectivity index (χ1v) is 30.8. The lowest BCUT2D eigenvalue weighted by atomic mass is 9.85. The number of alkyl carbamates (subject to hydrolysis) is 2. The van der Waals surface area contributed by atoms with Gasteiger partial charge in [-0.05, 0) is 81.4 Å². The number of hydrogen-bond acceptors (Lipinski definition) is 12. The molecule has 4 fully saturated rings. The predicted molar refractivity (Wildman–Crippen MR) is 332 cm³/mol. The minimum Gasteiger partial charge on any atom is -0.445 e. The van der Waals surface area contributed by atoms with Gasteiger partial charge in [-0.15, -0.1) is 0 Å². The van der Waals surface area contributed by atoms with Crippen molar-refractivity contribution in [3.63, 3.8) is 0 Å². The summed E-state index contributed by atoms with van der Waals surface area (Å²) in [5, 5.41) is 17.2. The molecule has 482 valence electrons. The summed E-state index contributed by atoms with van der Waals surface area (Å²) in [4.78, 5) is 127. The topological polar surface area (TPSA) is 270 Å². The Morgan fingerprint density at radius 1 is 0.534 bits per heavy atom. The Balaban J connectivity index is 0.000000288. The number of likely N-dealkylation sites (tertiary alicyclic amines) is 4. The van der Waals surface area contributed by atoms with Gasteiger partial charge in [0.2, 0.25) is 23.6 Å². The molecule has 3 aromatic rings. The first-order chi connectivity index (χ1) is 41.5. The van der Waals surface area contributed by atoms with Crippen molar-refractivity contribution in [2.75, 3.05) is 33.2 Å². The van der Waals surface area contributed by atoms with Crippen LogP contribution in [-0.2, 0) is 53.1 Å². The number of fused-ring (bicyclic) bond motifs is 2. The summed E-state index contributed by atoms with van der Waals surface area (Å²) < 4.78 is 17.2. The zero-order valence-electron chi connectivity index (χ0n) is 53.8. The summed E-state index contributed by atoms with van der Waals surface area (Å²) in [6.07, 6.45) is -1.75. The highest BCUT2D eigenvalue weighted by Crippen LogP contribution is 2.38. The molecule has 4 saturated heterocycles. The number of rotatable bonds is 18. The molecule has 0 unspecified atom stereocenters. The zero-order valence-corrected chi connectivity index (χ0v) is 53.8. The van der Waals surface area contributed by atoms with E-state index < -0.39 is 83.5 Å². The quantitative estimate of drug-likeness (QED) is 0.0695. The minimum atomic E-state index is -0.985. The number of benzene rings is 3. The van der Waals surface area contributed by atoms with Crippen LogP contribution in [0.4, 0.5) is 24.0 Å². The van der Waals surface area contributed by atoms with E-state index in [1.54, 1.807) is 26.5 Å². The van der Waals surface area contributed by atoms with Crippen molar-refractivity contribution in [3.05, 3.63) is 108 Å². The van der Waals surface area contributed by atoms with E-state index in [1.807, 2.05) is 174 Å². The fourth-order valence-electron chi connectivity index (χ4n) is 11.3. The molecule has 7 rings (SSSR count). The van der Waals surface area contributed by atoms with Crippen molar-refractivity contribution in [1.29, 1.82) is 0 Å². The lowest BCUT2D eigenvalue weighted by molar-refractivity contribution is -0.142. The second kappa shape index (κ2) is 30.7. The predicted octanol–water partition coefficient (Wildman–Crippen LogP) is 7.13. The van der Waals surface area contributed by atoms with Gasteiger partial charge in [0.25, 0.3) is 0 Å². The molecule has 10 atom stereocenters. The molecule has 4 aliphatic heterocycles. The number of carbonyl (C=O) groups excluding carboxylic acids is 9. The molecule has 0 radical (unpaired) electrons. The highest BCUT2D eigenvalue weighted by atomic mass is 16.6. The summed E-state index contributed by atoms with van der Waals surface area (Å²) in [6, 6.07) is 22.9. The van der Waals surface area contributed by atoms with Crippen molar-refractivity contribution in [1.82, 2.24) is 56.4 Å². The third kappa shape index (κ3) is 18.2. The van der Waals surface area contributed by atoms with Crippen LogP contribution in [0.15, 0.2) is 91.0 Å². The number of likely N-dealkylation sites (N-methyl/N-ethyl adjacent to an activating group) is 1. The van der Waals surface area contributed by atoms with E-state index in [2.05, 4.69) is 31.9 Å². The average molecular weight is 1220 g/mol. The Kier molecular flexibility index (Phi) is 24.1. The molecule has 11 amide bonds. The summed E-state index contributed by atoms with van der Waals surface area (Å²) >= 11 is 0. The lowest BCUT2D eigenvalue weighted by Gasteiger charge is -2.37. The number of amides is 11. The standard InChI is InChI=1S/C36H50N6O7.C29H45N5O5/c1-23(2)38-33(45)42-21-28(49-34(46)37-20-25-14-10-8-11-15-25)29-27(42)18-19-41(29)32(44)30(36(4,5)6)39-31(43)24(3)40(7)35(47)48-22-26-16-12-9-13-17-26;1-8-19(4)25(35)32-24(29(5,6)7)26(36)33-15-14-21-23(33)22(17-34(21)27(37)31-18(2)3)39-28(38)30-16-20-12-10-9-11-13-20/h8-17,23-24,27-30H,18-22H2,1-7H3,(H,37,46)(H,38,45)(H,39,43);9-13,18-19,21-24H,8,14-17H2,1-7H3,(H,30,38)(H,31,37)(H,32,35)/t24-,27+,28-,29-,30+;19-,21-,22+,23+,24-/m01/s1. The third-order valence-corrected chi connectivity index (χ3v) is 16.5. The second-order valence-electron chi connectivity index (χ2n) is 26.1. The van der Waals surface area contributed by atoms with Crippen LogP contribution in [-0.4, -0.2) is 178 Å². The summed E-state index contributed by atoms with van der Waals surface area (Å²) in [6.45, 7) is 25.7. The Bertz CT molecular complexity index is 2870. The molecule has 6 N–H and O–H groups in total. The van der Waals surface area contributed by atoms with Crippen molar-refractivity contribution in [3.8, 4) is 0 Å². The molecule has 23 heteroatoms. The van der Waals surface area contributed by atoms with E-state index in [-0.39, 0.29) is 80.1 Å². The number of carbonyl (C=O) groups is 9. The number of urea groups is 2. The number of hydrogen-bond donors (Lipinski definition) is 6. The fourth-order valence-corrected chi connectivity index (χ4v) is 11.3. The van der Waals surface area contributed by atoms with Crippen molar-refractivity contribution in [2.45, 2.75) is 196 Å². The number of nitrogens with one attached hydrogen (secondary N) is 6. The van der Waals surface area contributed by atoms with Crippen LogP contribution in [0.5, 0.6) is 0 Å². The van der Waals surface area contributed by atoms with E-state index in [9.17, 15) is 43.2 Å². The Labute approximate surface area is 519 Å². The van der Waals surface area contributed by atoms with E-state index in [0.717, 1.165) is 16.7 Å². The van der Waals surface area contributed by atoms with Crippen LogP contribution >= 0.6 is 0 Å². The van der Waals surface area contributed by atoms with Crippen LogP contribution in [0.3, 0.4) is 0 Å². The molecular formula is C65H95N11O12. The van der Waals surface area contributed by atoms with Gasteiger partial charge in [0, 0.05) is 51.2 Å². The first kappa shape index (κ1) is 69.0. The molecular weight excluding hydrogens is 1130 g/mol. The van der Waals surface area contributed by atoms with Crippen LogP contribution < -0.4 is 31.9 Å². The van der Waals surface area contributed by atoms with Gasteiger partial charge in [-0.3, -0.25) is 24.1 Å². The maximum atomic E-state index is 14.4. The SMILES string of the molecule is CC(C)NC(=O)N1C[C@H](OC(=O)NCc2ccccc2)[C@@H]2[C@H]1CCN2C(=O)[C@@H](NC(=O)[C@H](C)N(C)C(=O)OCc1ccccc1)C(C)(C)C.CC[C@@H](C)C(=O)N[C@H](C(=O)N1CC[C@@H]2[C@H]1[C@@H](OC(=O)NCc1ccccc1)CN2C(=O)NC(C)C)C(C)(C)C. The molecule has 0 bridgehead atoms. The van der Waals surface area contributed by atoms with Crippen molar-refractivity contribution >= 4 is 54.0 Å². The first-order valence-electron chi connectivity index (χ1n) is 30.8. The van der Waals surface area contributed by atoms with Gasteiger partial charge in [-0.1, -0.05) is 146 Å². The smallest absolute Gasteiger partial charge is 0.410 e. The molecule has 4 aliphatic rings. The summed E-state index contributed by atoms with van der Waals surface area (Å²) in [7, 11) is 1.47. The van der Waals surface area contributed by atoms with Gasteiger partial charge < -0.3 is 65.7 Å². The molecule has 23 nitrogen and oxygen atoms in total. The Morgan fingerprint density at radius 2 is 0.909 bits per heavy atom. The molecule has 0 aliphatic carbocycles. The van der Waals surface area contributed by atoms with E-state index >= 15 is 0 Å². The summed E-state index contributed by atoms with van der Waals surface area (Å²) in [5.41, 5.74) is 1.36. The van der Waals surface area contributed by atoms with Gasteiger partial charge in [-0.25, -0.2) is 24.0 Å². The molecule has 88 heavy (non-hydrogen) atoms. The summed E-state index contributed by atoms with van der Waals surface area (Å²) in [5.74, 6) is -1.50. The third-order valence-electron chi connectivity index (χ3n) is 16.5. The number of nitrogens with zero attached hydrogens (tertiary/aromatic N) is 5.